The van der Waals surface area contributed by atoms with Crippen molar-refractivity contribution >= 4 is 23.6 Å². The Hall–Kier alpha value is -1.49. The number of hydrogen-bond donors (Lipinski definition) is 1. The summed E-state index contributed by atoms with van der Waals surface area (Å²) in [7, 11) is 1.35. The van der Waals surface area contributed by atoms with Crippen LogP contribution in [-0.2, 0) is 16.1 Å². The molecule has 0 aliphatic heterocycles. The predicted molar refractivity (Wildman–Crippen MR) is 81.8 cm³/mol. The number of methoxy groups -OCH3 is 1. The summed E-state index contributed by atoms with van der Waals surface area (Å²) in [4.78, 5) is 23.1. The van der Waals surface area contributed by atoms with Crippen molar-refractivity contribution in [3.05, 3.63) is 35.4 Å². The largest absolute Gasteiger partial charge is 0.465 e. The van der Waals surface area contributed by atoms with Crippen LogP contribution in [0.5, 0.6) is 0 Å². The minimum Gasteiger partial charge on any atom is -0.465 e. The number of rotatable bonds is 7. The smallest absolute Gasteiger partial charge is 0.337 e. The zero-order valence-corrected chi connectivity index (χ0v) is 13.0. The molecule has 0 aliphatic carbocycles. The number of carbonyl (C=O) groups is 2. The number of thioether (sulfide) groups is 1. The van der Waals surface area contributed by atoms with Gasteiger partial charge in [-0.3, -0.25) is 4.79 Å². The van der Waals surface area contributed by atoms with Gasteiger partial charge in [0.15, 0.2) is 0 Å². The first-order valence-electron chi connectivity index (χ1n) is 6.52. The zero-order valence-electron chi connectivity index (χ0n) is 12.1. The Balaban J connectivity index is 2.45. The molecule has 0 bridgehead atoms. The van der Waals surface area contributed by atoms with Gasteiger partial charge in [-0.15, -0.1) is 0 Å². The first-order chi connectivity index (χ1) is 9.58. The lowest BCUT2D eigenvalue weighted by Crippen LogP contribution is -2.29. The molecular formula is C15H21NO3S. The van der Waals surface area contributed by atoms with E-state index in [2.05, 4.69) is 10.1 Å². The van der Waals surface area contributed by atoms with Crippen LogP contribution in [0.15, 0.2) is 24.3 Å². The molecule has 1 atom stereocenters. The Kier molecular flexibility index (Phi) is 7.15. The van der Waals surface area contributed by atoms with Crippen molar-refractivity contribution in [2.45, 2.75) is 19.9 Å². The van der Waals surface area contributed by atoms with Gasteiger partial charge >= 0.3 is 5.97 Å². The molecule has 1 rings (SSSR count). The van der Waals surface area contributed by atoms with Crippen molar-refractivity contribution in [2.75, 3.05) is 19.1 Å². The maximum absolute atomic E-state index is 11.8. The number of esters is 1. The van der Waals surface area contributed by atoms with E-state index in [1.54, 1.807) is 23.9 Å². The Morgan fingerprint density at radius 3 is 2.50 bits per heavy atom. The molecule has 110 valence electrons. The lowest BCUT2D eigenvalue weighted by atomic mass is 10.1. The van der Waals surface area contributed by atoms with Crippen molar-refractivity contribution in [3.8, 4) is 0 Å². The summed E-state index contributed by atoms with van der Waals surface area (Å²) >= 11 is 1.74. The molecule has 0 spiro atoms. The van der Waals surface area contributed by atoms with Crippen molar-refractivity contribution in [2.24, 2.45) is 5.92 Å². The predicted octanol–water partition coefficient (Wildman–Crippen LogP) is 2.48. The molecule has 0 unspecified atom stereocenters. The van der Waals surface area contributed by atoms with Crippen LogP contribution in [0.4, 0.5) is 0 Å². The molecule has 0 heterocycles. The lowest BCUT2D eigenvalue weighted by Gasteiger charge is -2.11. The molecule has 1 N–H and O–H groups in total. The van der Waals surface area contributed by atoms with Crippen LogP contribution in [0.1, 0.15) is 29.3 Å². The van der Waals surface area contributed by atoms with Crippen molar-refractivity contribution in [3.63, 3.8) is 0 Å². The van der Waals surface area contributed by atoms with Crippen LogP contribution in [-0.4, -0.2) is 31.0 Å². The van der Waals surface area contributed by atoms with Crippen LogP contribution >= 0.6 is 11.8 Å². The topological polar surface area (TPSA) is 55.4 Å². The van der Waals surface area contributed by atoms with E-state index in [1.807, 2.05) is 25.3 Å². The highest BCUT2D eigenvalue weighted by Gasteiger charge is 2.12. The number of carbonyl (C=O) groups excluding carboxylic acids is 2. The second-order valence-electron chi connectivity index (χ2n) is 4.59. The van der Waals surface area contributed by atoms with E-state index in [9.17, 15) is 9.59 Å². The van der Waals surface area contributed by atoms with E-state index in [1.165, 1.54) is 7.11 Å². The monoisotopic (exact) mass is 295 g/mol. The summed E-state index contributed by atoms with van der Waals surface area (Å²) in [5.41, 5.74) is 1.47. The average molecular weight is 295 g/mol. The van der Waals surface area contributed by atoms with Crippen LogP contribution in [0.3, 0.4) is 0 Å². The van der Waals surface area contributed by atoms with Crippen LogP contribution in [0.25, 0.3) is 0 Å². The van der Waals surface area contributed by atoms with E-state index in [-0.39, 0.29) is 17.8 Å². The number of nitrogens with one attached hydrogen (secondary N) is 1. The van der Waals surface area contributed by atoms with Gasteiger partial charge in [0.1, 0.15) is 0 Å². The fourth-order valence-electron chi connectivity index (χ4n) is 1.67. The van der Waals surface area contributed by atoms with Crippen LogP contribution < -0.4 is 5.32 Å². The second kappa shape index (κ2) is 8.64. The van der Waals surface area contributed by atoms with Crippen LogP contribution in [0.2, 0.25) is 0 Å². The van der Waals surface area contributed by atoms with Gasteiger partial charge in [0.05, 0.1) is 12.7 Å². The van der Waals surface area contributed by atoms with E-state index >= 15 is 0 Å². The Bertz CT molecular complexity index is 445. The van der Waals surface area contributed by atoms with Gasteiger partial charge in [0, 0.05) is 12.5 Å². The summed E-state index contributed by atoms with van der Waals surface area (Å²) in [6.45, 7) is 2.41. The first kappa shape index (κ1) is 16.6. The molecule has 0 radical (unpaired) electrons. The molecule has 0 aliphatic rings. The molecule has 5 heteroatoms. The SMILES string of the molecule is COC(=O)c1ccc(CNC(=O)[C@H](C)CCSC)cc1. The highest BCUT2D eigenvalue weighted by Crippen LogP contribution is 2.09. The van der Waals surface area contributed by atoms with Crippen LogP contribution in [0, 0.1) is 5.92 Å². The highest BCUT2D eigenvalue weighted by molar-refractivity contribution is 7.98. The Morgan fingerprint density at radius 2 is 1.95 bits per heavy atom. The van der Waals surface area contributed by atoms with Crippen molar-refractivity contribution in [1.82, 2.24) is 5.32 Å². The van der Waals surface area contributed by atoms with E-state index in [0.717, 1.165) is 17.7 Å². The van der Waals surface area contributed by atoms with Gasteiger partial charge in [-0.1, -0.05) is 19.1 Å². The minimum absolute atomic E-state index is 0.0248. The van der Waals surface area contributed by atoms with Crippen molar-refractivity contribution in [1.29, 1.82) is 0 Å². The maximum atomic E-state index is 11.8. The molecular weight excluding hydrogens is 274 g/mol. The molecule has 0 saturated heterocycles. The summed E-state index contributed by atoms with van der Waals surface area (Å²) in [5.74, 6) is 0.724. The minimum atomic E-state index is -0.355. The summed E-state index contributed by atoms with van der Waals surface area (Å²) < 4.78 is 4.63. The summed E-state index contributed by atoms with van der Waals surface area (Å²) in [6, 6.07) is 7.03. The maximum Gasteiger partial charge on any atom is 0.337 e. The third-order valence-corrected chi connectivity index (χ3v) is 3.69. The fraction of sp³-hybridized carbons (Fsp3) is 0.467. The number of hydrogen-bond acceptors (Lipinski definition) is 4. The Labute approximate surface area is 124 Å². The van der Waals surface area contributed by atoms with Gasteiger partial charge in [-0.2, -0.15) is 11.8 Å². The van der Waals surface area contributed by atoms with Gasteiger partial charge in [-0.05, 0) is 36.1 Å². The quantitative estimate of drug-likeness (QED) is 0.785. The van der Waals surface area contributed by atoms with Gasteiger partial charge < -0.3 is 10.1 Å². The van der Waals surface area contributed by atoms with Gasteiger partial charge in [-0.25, -0.2) is 4.79 Å². The standard InChI is InChI=1S/C15H21NO3S/c1-11(8-9-20-3)14(17)16-10-12-4-6-13(7-5-12)15(18)19-2/h4-7,11H,8-10H2,1-3H3,(H,16,17)/t11-/m1/s1. The summed E-state index contributed by atoms with van der Waals surface area (Å²) in [5, 5.41) is 2.91. The molecule has 0 fully saturated rings. The van der Waals surface area contributed by atoms with Gasteiger partial charge in [0.2, 0.25) is 5.91 Å². The van der Waals surface area contributed by atoms with E-state index in [0.29, 0.717) is 12.1 Å². The van der Waals surface area contributed by atoms with E-state index < -0.39 is 0 Å². The van der Waals surface area contributed by atoms with Gasteiger partial charge in [0.25, 0.3) is 0 Å². The second-order valence-corrected chi connectivity index (χ2v) is 5.57. The summed E-state index contributed by atoms with van der Waals surface area (Å²) in [6.07, 6.45) is 2.92. The molecule has 4 nitrogen and oxygen atoms in total. The molecule has 1 aromatic rings. The third kappa shape index (κ3) is 5.25. The molecule has 1 amide bonds. The number of amides is 1. The lowest BCUT2D eigenvalue weighted by molar-refractivity contribution is -0.124. The molecule has 0 saturated carbocycles. The third-order valence-electron chi connectivity index (χ3n) is 3.04. The normalized spacial score (nSPS) is 11.8. The molecule has 0 aromatic heterocycles. The van der Waals surface area contributed by atoms with Crippen molar-refractivity contribution < 1.29 is 14.3 Å². The number of ether oxygens (including phenoxy) is 1. The molecule has 20 heavy (non-hydrogen) atoms. The molecule has 1 aromatic carbocycles. The average Bonchev–Trinajstić information content (AvgIpc) is 2.49. The number of benzene rings is 1. The first-order valence-corrected chi connectivity index (χ1v) is 7.91. The highest BCUT2D eigenvalue weighted by atomic mass is 32.2. The zero-order chi connectivity index (χ0) is 15.0. The Morgan fingerprint density at radius 1 is 1.30 bits per heavy atom. The fourth-order valence-corrected chi connectivity index (χ4v) is 2.25. The van der Waals surface area contributed by atoms with E-state index in [4.69, 9.17) is 0 Å².